The Morgan fingerprint density at radius 3 is 2.44 bits per heavy atom. The summed E-state index contributed by atoms with van der Waals surface area (Å²) in [7, 11) is 1.65. The number of fused-ring (bicyclic) bond motifs is 1. The number of nitrogens with zero attached hydrogens (tertiary/aromatic N) is 1. The highest BCUT2D eigenvalue weighted by atomic mass is 16.5. The van der Waals surface area contributed by atoms with Crippen molar-refractivity contribution in [1.29, 1.82) is 0 Å². The molecule has 0 saturated heterocycles. The molecule has 0 N–H and O–H groups in total. The molecular weight excluding hydrogens is 406 g/mol. The molecule has 0 saturated carbocycles. The van der Waals surface area contributed by atoms with E-state index in [0.29, 0.717) is 16.9 Å². The molecule has 0 unspecified atom stereocenters. The van der Waals surface area contributed by atoms with Crippen molar-refractivity contribution in [3.05, 3.63) is 93.6 Å². The second-order valence-electron chi connectivity index (χ2n) is 7.70. The van der Waals surface area contributed by atoms with E-state index in [4.69, 9.17) is 13.9 Å². The fourth-order valence-electron chi connectivity index (χ4n) is 3.82. The zero-order valence-corrected chi connectivity index (χ0v) is 18.4. The van der Waals surface area contributed by atoms with Gasteiger partial charge in [-0.1, -0.05) is 12.1 Å². The molecule has 2 heterocycles. The van der Waals surface area contributed by atoms with E-state index in [9.17, 15) is 9.59 Å². The lowest BCUT2D eigenvalue weighted by Crippen LogP contribution is -2.13. The molecule has 0 aliphatic rings. The van der Waals surface area contributed by atoms with Crippen LogP contribution in [0.4, 0.5) is 0 Å². The van der Waals surface area contributed by atoms with Gasteiger partial charge in [0.05, 0.1) is 7.11 Å². The number of methoxy groups -OCH3 is 1. The number of hydrogen-bond donors (Lipinski definition) is 0. The zero-order valence-electron chi connectivity index (χ0n) is 18.4. The predicted octanol–water partition coefficient (Wildman–Crippen LogP) is 4.72. The average Bonchev–Trinajstić information content (AvgIpc) is 3.09. The number of Topliss-reactive ketones (excluding diaryl/α,β-unsaturated/α-hetero) is 1. The third-order valence-electron chi connectivity index (χ3n) is 5.62. The van der Waals surface area contributed by atoms with E-state index in [-0.39, 0.29) is 12.4 Å². The molecule has 0 amide bonds. The van der Waals surface area contributed by atoms with Crippen molar-refractivity contribution in [2.24, 2.45) is 0 Å². The Balaban J connectivity index is 1.43. The number of ketones is 1. The highest BCUT2D eigenvalue weighted by Gasteiger charge is 2.16. The first-order chi connectivity index (χ1) is 15.4. The Labute approximate surface area is 186 Å². The van der Waals surface area contributed by atoms with Crippen molar-refractivity contribution in [3.63, 3.8) is 0 Å². The van der Waals surface area contributed by atoms with Gasteiger partial charge in [0, 0.05) is 41.0 Å². The number of carbonyl (C=O) groups is 1. The summed E-state index contributed by atoms with van der Waals surface area (Å²) in [5.74, 6) is 1.22. The largest absolute Gasteiger partial charge is 0.497 e. The summed E-state index contributed by atoms with van der Waals surface area (Å²) >= 11 is 0. The first kappa shape index (κ1) is 21.4. The van der Waals surface area contributed by atoms with Crippen molar-refractivity contribution >= 4 is 16.8 Å². The number of benzene rings is 2. The quantitative estimate of drug-likeness (QED) is 0.298. The van der Waals surface area contributed by atoms with Crippen LogP contribution >= 0.6 is 0 Å². The molecule has 2 aromatic heterocycles. The molecule has 0 bridgehead atoms. The molecule has 4 rings (SSSR count). The van der Waals surface area contributed by atoms with E-state index < -0.39 is 5.63 Å². The molecule has 4 aromatic rings. The number of ether oxygens (including phenoxy) is 2. The summed E-state index contributed by atoms with van der Waals surface area (Å²) in [6, 6.07) is 18.2. The van der Waals surface area contributed by atoms with E-state index in [0.717, 1.165) is 35.5 Å². The molecule has 0 aliphatic heterocycles. The van der Waals surface area contributed by atoms with E-state index >= 15 is 0 Å². The maximum absolute atomic E-state index is 12.8. The van der Waals surface area contributed by atoms with E-state index in [2.05, 4.69) is 16.7 Å². The fourth-order valence-corrected chi connectivity index (χ4v) is 3.82. The van der Waals surface area contributed by atoms with Crippen LogP contribution in [0.25, 0.3) is 11.0 Å². The SMILES string of the molecule is COc1ccc(CCn2c(C)cc(C(=O)COc3ccc4ccc(=O)oc4c3)c2C)cc1. The number of aromatic nitrogens is 1. The maximum atomic E-state index is 12.8. The van der Waals surface area contributed by atoms with Gasteiger partial charge in [0.1, 0.15) is 17.1 Å². The first-order valence-electron chi connectivity index (χ1n) is 10.4. The summed E-state index contributed by atoms with van der Waals surface area (Å²) in [4.78, 5) is 24.3. The lowest BCUT2D eigenvalue weighted by Gasteiger charge is -2.11. The van der Waals surface area contributed by atoms with Crippen molar-refractivity contribution in [2.75, 3.05) is 13.7 Å². The maximum Gasteiger partial charge on any atom is 0.336 e. The lowest BCUT2D eigenvalue weighted by atomic mass is 10.1. The van der Waals surface area contributed by atoms with Crippen molar-refractivity contribution in [3.8, 4) is 11.5 Å². The normalized spacial score (nSPS) is 11.0. The topological polar surface area (TPSA) is 70.7 Å². The predicted molar refractivity (Wildman–Crippen MR) is 123 cm³/mol. The van der Waals surface area contributed by atoms with Crippen LogP contribution in [0.2, 0.25) is 0 Å². The van der Waals surface area contributed by atoms with E-state index in [1.165, 1.54) is 11.6 Å². The van der Waals surface area contributed by atoms with Gasteiger partial charge in [0.2, 0.25) is 5.78 Å². The summed E-state index contributed by atoms with van der Waals surface area (Å²) in [5, 5.41) is 0.795. The molecule has 0 radical (unpaired) electrons. The van der Waals surface area contributed by atoms with Crippen molar-refractivity contribution in [2.45, 2.75) is 26.8 Å². The van der Waals surface area contributed by atoms with Gasteiger partial charge in [-0.3, -0.25) is 4.79 Å². The molecule has 0 fully saturated rings. The summed E-state index contributed by atoms with van der Waals surface area (Å²) in [6.07, 6.45) is 0.854. The highest BCUT2D eigenvalue weighted by molar-refractivity contribution is 5.98. The zero-order chi connectivity index (χ0) is 22.7. The molecule has 0 aliphatic carbocycles. The van der Waals surface area contributed by atoms with Crippen LogP contribution in [-0.4, -0.2) is 24.1 Å². The Morgan fingerprint density at radius 2 is 1.69 bits per heavy atom. The second kappa shape index (κ2) is 9.14. The second-order valence-corrected chi connectivity index (χ2v) is 7.70. The molecule has 6 nitrogen and oxygen atoms in total. The monoisotopic (exact) mass is 431 g/mol. The third-order valence-corrected chi connectivity index (χ3v) is 5.62. The Bertz CT molecular complexity index is 1310. The molecule has 0 spiro atoms. The van der Waals surface area contributed by atoms with Crippen molar-refractivity contribution in [1.82, 2.24) is 4.57 Å². The van der Waals surface area contributed by atoms with Gasteiger partial charge in [0.15, 0.2) is 6.61 Å². The van der Waals surface area contributed by atoms with Crippen LogP contribution in [0.15, 0.2) is 69.9 Å². The summed E-state index contributed by atoms with van der Waals surface area (Å²) in [6.45, 7) is 4.65. The van der Waals surface area contributed by atoms with Gasteiger partial charge in [-0.25, -0.2) is 4.79 Å². The highest BCUT2D eigenvalue weighted by Crippen LogP contribution is 2.21. The Kier molecular flexibility index (Phi) is 6.12. The Morgan fingerprint density at radius 1 is 0.969 bits per heavy atom. The van der Waals surface area contributed by atoms with Crippen LogP contribution in [0, 0.1) is 13.8 Å². The van der Waals surface area contributed by atoms with Gasteiger partial charge >= 0.3 is 5.63 Å². The minimum Gasteiger partial charge on any atom is -0.497 e. The number of hydrogen-bond acceptors (Lipinski definition) is 5. The van der Waals surface area contributed by atoms with E-state index in [1.807, 2.05) is 32.0 Å². The number of carbonyl (C=O) groups excluding carboxylic acids is 1. The van der Waals surface area contributed by atoms with Gasteiger partial charge < -0.3 is 18.5 Å². The number of rotatable bonds is 8. The van der Waals surface area contributed by atoms with Crippen LogP contribution in [0.5, 0.6) is 11.5 Å². The molecule has 164 valence electrons. The van der Waals surface area contributed by atoms with Crippen LogP contribution < -0.4 is 15.1 Å². The molecule has 2 aromatic carbocycles. The van der Waals surface area contributed by atoms with Gasteiger partial charge in [-0.15, -0.1) is 0 Å². The first-order valence-corrected chi connectivity index (χ1v) is 10.4. The third kappa shape index (κ3) is 4.59. The van der Waals surface area contributed by atoms with Crippen molar-refractivity contribution < 1.29 is 18.7 Å². The van der Waals surface area contributed by atoms with E-state index in [1.54, 1.807) is 31.4 Å². The van der Waals surface area contributed by atoms with Crippen LogP contribution in [0.1, 0.15) is 27.3 Å². The Hall–Kier alpha value is -3.80. The summed E-state index contributed by atoms with van der Waals surface area (Å²) < 4.78 is 18.2. The van der Waals surface area contributed by atoms with Gasteiger partial charge in [0.25, 0.3) is 0 Å². The average molecular weight is 431 g/mol. The van der Waals surface area contributed by atoms with Gasteiger partial charge in [-0.2, -0.15) is 0 Å². The fraction of sp³-hybridized carbons (Fsp3) is 0.231. The van der Waals surface area contributed by atoms with Crippen LogP contribution in [0.3, 0.4) is 0 Å². The minimum atomic E-state index is -0.423. The molecule has 6 heteroatoms. The van der Waals surface area contributed by atoms with Crippen LogP contribution in [-0.2, 0) is 13.0 Å². The molecular formula is C26H25NO5. The standard InChI is InChI=1S/C26H25NO5/c1-17-14-23(18(2)27(17)13-12-19-4-8-21(30-3)9-5-19)24(28)16-31-22-10-6-20-7-11-26(29)32-25(20)15-22/h4-11,14-15H,12-13,16H2,1-3H3. The number of aryl methyl sites for hydroxylation is 2. The van der Waals surface area contributed by atoms with Gasteiger partial charge in [-0.05, 0) is 62.2 Å². The molecule has 32 heavy (non-hydrogen) atoms. The smallest absolute Gasteiger partial charge is 0.336 e. The lowest BCUT2D eigenvalue weighted by molar-refractivity contribution is 0.0920. The minimum absolute atomic E-state index is 0.0919. The summed E-state index contributed by atoms with van der Waals surface area (Å²) in [5.41, 5.74) is 3.83. The molecule has 0 atom stereocenters.